The van der Waals surface area contributed by atoms with Crippen molar-refractivity contribution >= 4 is 45.9 Å². The second kappa shape index (κ2) is 6.71. The molecule has 0 radical (unpaired) electrons. The average Bonchev–Trinajstić information content (AvgIpc) is 2.54. The van der Waals surface area contributed by atoms with Crippen LogP contribution in [0.15, 0.2) is 47.8 Å². The molecule has 0 aliphatic rings. The second-order valence-electron chi connectivity index (χ2n) is 5.13. The van der Waals surface area contributed by atoms with Gasteiger partial charge in [0, 0.05) is 17.6 Å². The number of nitrogens with zero attached hydrogens (tertiary/aromatic N) is 3. The first kappa shape index (κ1) is 16.0. The first-order valence-electron chi connectivity index (χ1n) is 7.24. The fraction of sp³-hybridized carbons (Fsp3) is 0.125. The molecule has 5 N–H and O–H groups in total. The Morgan fingerprint density at radius 1 is 1.17 bits per heavy atom. The summed E-state index contributed by atoms with van der Waals surface area (Å²) in [6.45, 7) is 1.77. The number of thioether (sulfide) groups is 1. The minimum absolute atomic E-state index is 0.166. The lowest BCUT2D eigenvalue weighted by Gasteiger charge is -2.13. The molecule has 0 aliphatic heterocycles. The molecule has 2 heterocycles. The highest BCUT2D eigenvalue weighted by atomic mass is 32.2. The maximum absolute atomic E-state index is 12.5. The molecule has 7 nitrogen and oxygen atoms in total. The topological polar surface area (TPSA) is 120 Å². The van der Waals surface area contributed by atoms with Crippen molar-refractivity contribution in [1.82, 2.24) is 15.0 Å². The molecule has 0 spiro atoms. The van der Waals surface area contributed by atoms with Crippen LogP contribution in [0.3, 0.4) is 0 Å². The van der Waals surface area contributed by atoms with Crippen molar-refractivity contribution in [1.29, 1.82) is 0 Å². The van der Waals surface area contributed by atoms with Gasteiger partial charge >= 0.3 is 0 Å². The number of anilines is 3. The van der Waals surface area contributed by atoms with E-state index in [-0.39, 0.29) is 17.5 Å². The Kier molecular flexibility index (Phi) is 4.48. The van der Waals surface area contributed by atoms with Gasteiger partial charge in [-0.05, 0) is 31.2 Å². The summed E-state index contributed by atoms with van der Waals surface area (Å²) in [7, 11) is 0. The molecule has 2 aromatic heterocycles. The third kappa shape index (κ3) is 3.54. The largest absolute Gasteiger partial charge is 0.383 e. The SMILES string of the molecule is C[C@H](Sc1nc(N)cc(N)n1)C(=O)Nc1cccc2ncccc12. The summed E-state index contributed by atoms with van der Waals surface area (Å²) in [6, 6.07) is 10.8. The Bertz CT molecular complexity index is 875. The lowest BCUT2D eigenvalue weighted by Crippen LogP contribution is -2.23. The Morgan fingerprint density at radius 2 is 1.92 bits per heavy atom. The molecule has 0 fully saturated rings. The van der Waals surface area contributed by atoms with E-state index in [4.69, 9.17) is 11.5 Å². The molecule has 0 saturated carbocycles. The number of hydrogen-bond donors (Lipinski definition) is 3. The summed E-state index contributed by atoms with van der Waals surface area (Å²) in [6.07, 6.45) is 1.72. The quantitative estimate of drug-likeness (QED) is 0.492. The van der Waals surface area contributed by atoms with E-state index < -0.39 is 5.25 Å². The summed E-state index contributed by atoms with van der Waals surface area (Å²) in [5, 5.41) is 3.75. The van der Waals surface area contributed by atoms with Gasteiger partial charge in [0.15, 0.2) is 5.16 Å². The maximum atomic E-state index is 12.5. The molecule has 122 valence electrons. The van der Waals surface area contributed by atoms with E-state index in [1.807, 2.05) is 30.3 Å². The van der Waals surface area contributed by atoms with Crippen LogP contribution in [0.2, 0.25) is 0 Å². The number of nitrogens with one attached hydrogen (secondary N) is 1. The predicted molar refractivity (Wildman–Crippen MR) is 96.5 cm³/mol. The molecule has 3 rings (SSSR count). The molecule has 8 heteroatoms. The van der Waals surface area contributed by atoms with Crippen molar-refractivity contribution in [2.24, 2.45) is 0 Å². The monoisotopic (exact) mass is 340 g/mol. The van der Waals surface area contributed by atoms with Crippen molar-refractivity contribution in [3.63, 3.8) is 0 Å². The van der Waals surface area contributed by atoms with Crippen molar-refractivity contribution < 1.29 is 4.79 Å². The highest BCUT2D eigenvalue weighted by molar-refractivity contribution is 8.00. The third-order valence-corrected chi connectivity index (χ3v) is 4.26. The van der Waals surface area contributed by atoms with Crippen LogP contribution < -0.4 is 16.8 Å². The molecule has 0 unspecified atom stereocenters. The van der Waals surface area contributed by atoms with Gasteiger partial charge in [-0.25, -0.2) is 9.97 Å². The number of nitrogen functional groups attached to an aromatic ring is 2. The first-order valence-corrected chi connectivity index (χ1v) is 8.12. The molecule has 1 amide bonds. The van der Waals surface area contributed by atoms with Crippen molar-refractivity contribution in [2.75, 3.05) is 16.8 Å². The molecule has 1 aromatic carbocycles. The van der Waals surface area contributed by atoms with E-state index >= 15 is 0 Å². The number of pyridine rings is 1. The van der Waals surface area contributed by atoms with Crippen LogP contribution in [0.4, 0.5) is 17.3 Å². The molecule has 0 aliphatic carbocycles. The van der Waals surface area contributed by atoms with Crippen LogP contribution >= 0.6 is 11.8 Å². The Balaban J connectivity index is 1.76. The standard InChI is InChI=1S/C16H16N6OS/c1-9(24-16-21-13(17)8-14(18)22-16)15(23)20-12-6-2-5-11-10(12)4-3-7-19-11/h2-9H,1H3,(H,20,23)(H4,17,18,21,22)/t9-/m0/s1. The number of rotatable bonds is 4. The van der Waals surface area contributed by atoms with Crippen LogP contribution in [-0.4, -0.2) is 26.1 Å². The average molecular weight is 340 g/mol. The highest BCUT2D eigenvalue weighted by Gasteiger charge is 2.17. The van der Waals surface area contributed by atoms with E-state index in [1.165, 1.54) is 17.8 Å². The van der Waals surface area contributed by atoms with E-state index in [0.717, 1.165) is 10.9 Å². The number of hydrogen-bond acceptors (Lipinski definition) is 7. The fourth-order valence-electron chi connectivity index (χ4n) is 2.17. The van der Waals surface area contributed by atoms with Gasteiger partial charge in [-0.3, -0.25) is 9.78 Å². The fourth-order valence-corrected chi connectivity index (χ4v) is 2.97. The lowest BCUT2D eigenvalue weighted by atomic mass is 10.2. The van der Waals surface area contributed by atoms with Crippen LogP contribution in [-0.2, 0) is 4.79 Å². The van der Waals surface area contributed by atoms with E-state index in [2.05, 4.69) is 20.3 Å². The van der Waals surface area contributed by atoms with Gasteiger partial charge in [-0.1, -0.05) is 17.8 Å². The van der Waals surface area contributed by atoms with E-state index in [0.29, 0.717) is 10.8 Å². The van der Waals surface area contributed by atoms with Gasteiger partial charge in [0.2, 0.25) is 5.91 Å². The van der Waals surface area contributed by atoms with Gasteiger partial charge in [0.05, 0.1) is 16.5 Å². The minimum atomic E-state index is -0.418. The smallest absolute Gasteiger partial charge is 0.237 e. The third-order valence-electron chi connectivity index (χ3n) is 3.30. The molecular formula is C16H16N6OS. The lowest BCUT2D eigenvalue weighted by molar-refractivity contribution is -0.115. The maximum Gasteiger partial charge on any atom is 0.237 e. The van der Waals surface area contributed by atoms with E-state index in [9.17, 15) is 4.79 Å². The van der Waals surface area contributed by atoms with Crippen LogP contribution in [0.1, 0.15) is 6.92 Å². The van der Waals surface area contributed by atoms with Crippen molar-refractivity contribution in [3.05, 3.63) is 42.6 Å². The van der Waals surface area contributed by atoms with Gasteiger partial charge < -0.3 is 16.8 Å². The zero-order valence-corrected chi connectivity index (χ0v) is 13.7. The van der Waals surface area contributed by atoms with Crippen LogP contribution in [0.25, 0.3) is 10.9 Å². The number of carbonyl (C=O) groups is 1. The Labute approximate surface area is 142 Å². The number of amides is 1. The first-order chi connectivity index (χ1) is 11.5. The Hall–Kier alpha value is -2.87. The normalized spacial score (nSPS) is 12.0. The second-order valence-corrected chi connectivity index (χ2v) is 6.43. The van der Waals surface area contributed by atoms with E-state index in [1.54, 1.807) is 13.1 Å². The summed E-state index contributed by atoms with van der Waals surface area (Å²) < 4.78 is 0. The number of carbonyl (C=O) groups excluding carboxylic acids is 1. The molecule has 0 saturated heterocycles. The zero-order valence-electron chi connectivity index (χ0n) is 12.9. The minimum Gasteiger partial charge on any atom is -0.383 e. The molecule has 24 heavy (non-hydrogen) atoms. The van der Waals surface area contributed by atoms with Crippen LogP contribution in [0, 0.1) is 0 Å². The number of aromatic nitrogens is 3. The van der Waals surface area contributed by atoms with Gasteiger partial charge in [-0.15, -0.1) is 0 Å². The number of fused-ring (bicyclic) bond motifs is 1. The molecule has 1 atom stereocenters. The van der Waals surface area contributed by atoms with Gasteiger partial charge in [0.25, 0.3) is 0 Å². The van der Waals surface area contributed by atoms with Gasteiger partial charge in [0.1, 0.15) is 11.6 Å². The Morgan fingerprint density at radius 3 is 2.67 bits per heavy atom. The number of nitrogens with two attached hydrogens (primary N) is 2. The van der Waals surface area contributed by atoms with Crippen molar-refractivity contribution in [2.45, 2.75) is 17.3 Å². The number of benzene rings is 1. The molecular weight excluding hydrogens is 324 g/mol. The highest BCUT2D eigenvalue weighted by Crippen LogP contribution is 2.25. The summed E-state index contributed by atoms with van der Waals surface area (Å²) >= 11 is 1.19. The summed E-state index contributed by atoms with van der Waals surface area (Å²) in [4.78, 5) is 24.9. The zero-order chi connectivity index (χ0) is 17.1. The predicted octanol–water partition coefficient (Wildman–Crippen LogP) is 2.31. The van der Waals surface area contributed by atoms with Crippen molar-refractivity contribution in [3.8, 4) is 0 Å². The van der Waals surface area contributed by atoms with Crippen LogP contribution in [0.5, 0.6) is 0 Å². The van der Waals surface area contributed by atoms with Gasteiger partial charge in [-0.2, -0.15) is 0 Å². The summed E-state index contributed by atoms with van der Waals surface area (Å²) in [5.41, 5.74) is 12.8. The molecule has 0 bridgehead atoms. The summed E-state index contributed by atoms with van der Waals surface area (Å²) in [5.74, 6) is 0.386. The molecule has 3 aromatic rings.